The van der Waals surface area contributed by atoms with Gasteiger partial charge < -0.3 is 9.30 Å². The van der Waals surface area contributed by atoms with Crippen LogP contribution in [0.2, 0.25) is 0 Å². The molecule has 2 heterocycles. The predicted molar refractivity (Wildman–Crippen MR) is 112 cm³/mol. The maximum Gasteiger partial charge on any atom is 0.337 e. The summed E-state index contributed by atoms with van der Waals surface area (Å²) in [5.74, 6) is 0.528. The molecule has 7 heteroatoms. The number of aromatic nitrogens is 4. The van der Waals surface area contributed by atoms with Crippen molar-refractivity contribution in [1.29, 1.82) is 0 Å². The first-order chi connectivity index (χ1) is 14.0. The van der Waals surface area contributed by atoms with E-state index >= 15 is 0 Å². The Kier molecular flexibility index (Phi) is 4.80. The van der Waals surface area contributed by atoms with Crippen molar-refractivity contribution in [3.05, 3.63) is 87.3 Å². The number of hydrogen-bond donors (Lipinski definition) is 0. The van der Waals surface area contributed by atoms with E-state index in [4.69, 9.17) is 4.74 Å². The molecule has 0 N–H and O–H groups in total. The van der Waals surface area contributed by atoms with Gasteiger partial charge in [0.2, 0.25) is 0 Å². The van der Waals surface area contributed by atoms with Gasteiger partial charge in [0.15, 0.2) is 11.2 Å². The maximum atomic E-state index is 13.5. The lowest BCUT2D eigenvalue weighted by Crippen LogP contribution is -2.40. The first-order valence-electron chi connectivity index (χ1n) is 9.42. The summed E-state index contributed by atoms with van der Waals surface area (Å²) in [5, 5.41) is 0. The molecule has 2 aromatic heterocycles. The molecule has 0 aliphatic heterocycles. The lowest BCUT2D eigenvalue weighted by atomic mass is 10.2. The minimum Gasteiger partial charge on any atom is -0.495 e. The Morgan fingerprint density at radius 3 is 2.38 bits per heavy atom. The third kappa shape index (κ3) is 3.14. The number of imidazole rings is 1. The van der Waals surface area contributed by atoms with Crippen LogP contribution in [0.1, 0.15) is 25.5 Å². The normalized spacial score (nSPS) is 11.3. The van der Waals surface area contributed by atoms with Crippen LogP contribution in [-0.4, -0.2) is 25.8 Å². The first kappa shape index (κ1) is 18.7. The molecule has 0 saturated carbocycles. The monoisotopic (exact) mass is 390 g/mol. The van der Waals surface area contributed by atoms with Crippen molar-refractivity contribution >= 4 is 11.2 Å². The van der Waals surface area contributed by atoms with Crippen LogP contribution in [-0.2, 0) is 6.54 Å². The summed E-state index contributed by atoms with van der Waals surface area (Å²) in [5.41, 5.74) is 1.31. The molecular weight excluding hydrogens is 368 g/mol. The molecule has 0 bridgehead atoms. The number of hydrogen-bond acceptors (Lipinski definition) is 4. The van der Waals surface area contributed by atoms with E-state index in [0.717, 1.165) is 5.56 Å². The van der Waals surface area contributed by atoms with Gasteiger partial charge in [0.1, 0.15) is 5.75 Å². The van der Waals surface area contributed by atoms with E-state index < -0.39 is 5.69 Å². The third-order valence-corrected chi connectivity index (χ3v) is 4.92. The van der Waals surface area contributed by atoms with Crippen molar-refractivity contribution < 1.29 is 4.74 Å². The zero-order valence-corrected chi connectivity index (χ0v) is 16.6. The molecule has 0 fully saturated rings. The molecule has 0 unspecified atom stereocenters. The Balaban J connectivity index is 2.10. The van der Waals surface area contributed by atoms with Gasteiger partial charge in [-0.15, -0.1) is 0 Å². The SMILES string of the molecule is COc1ccccc1-n1c(=O)n(Cc2ccccc2)c(=O)c2c1ncn2C(C)C. The van der Waals surface area contributed by atoms with Crippen molar-refractivity contribution in [2.24, 2.45) is 0 Å². The minimum absolute atomic E-state index is 0.0153. The van der Waals surface area contributed by atoms with E-state index in [-0.39, 0.29) is 18.1 Å². The first-order valence-corrected chi connectivity index (χ1v) is 9.42. The molecule has 0 aliphatic rings. The molecule has 0 radical (unpaired) electrons. The van der Waals surface area contributed by atoms with Gasteiger partial charge in [0.25, 0.3) is 5.56 Å². The maximum absolute atomic E-state index is 13.5. The van der Waals surface area contributed by atoms with Crippen LogP contribution < -0.4 is 16.0 Å². The van der Waals surface area contributed by atoms with Crippen LogP contribution in [0.3, 0.4) is 0 Å². The van der Waals surface area contributed by atoms with Gasteiger partial charge >= 0.3 is 5.69 Å². The van der Waals surface area contributed by atoms with Crippen molar-refractivity contribution in [2.75, 3.05) is 7.11 Å². The lowest BCUT2D eigenvalue weighted by Gasteiger charge is -2.15. The predicted octanol–water partition coefficient (Wildman–Crippen LogP) is 2.99. The summed E-state index contributed by atoms with van der Waals surface area (Å²) in [7, 11) is 1.55. The van der Waals surface area contributed by atoms with E-state index in [2.05, 4.69) is 4.98 Å². The molecule has 7 nitrogen and oxygen atoms in total. The largest absolute Gasteiger partial charge is 0.495 e. The molecule has 0 aliphatic carbocycles. The number of para-hydroxylation sites is 2. The highest BCUT2D eigenvalue weighted by Crippen LogP contribution is 2.24. The van der Waals surface area contributed by atoms with E-state index in [1.54, 1.807) is 30.1 Å². The molecule has 0 spiro atoms. The number of nitrogens with zero attached hydrogens (tertiary/aromatic N) is 4. The smallest absolute Gasteiger partial charge is 0.337 e. The second-order valence-corrected chi connectivity index (χ2v) is 7.08. The van der Waals surface area contributed by atoms with Crippen molar-refractivity contribution in [1.82, 2.24) is 18.7 Å². The summed E-state index contributed by atoms with van der Waals surface area (Å²) in [6.07, 6.45) is 1.61. The van der Waals surface area contributed by atoms with E-state index in [1.807, 2.05) is 56.3 Å². The Morgan fingerprint density at radius 2 is 1.69 bits per heavy atom. The topological polar surface area (TPSA) is 71.1 Å². The molecule has 148 valence electrons. The average molecular weight is 390 g/mol. The fourth-order valence-corrected chi connectivity index (χ4v) is 3.48. The highest BCUT2D eigenvalue weighted by molar-refractivity contribution is 5.73. The van der Waals surface area contributed by atoms with Crippen LogP contribution in [0.5, 0.6) is 5.75 Å². The van der Waals surface area contributed by atoms with E-state index in [1.165, 1.54) is 9.13 Å². The summed E-state index contributed by atoms with van der Waals surface area (Å²) in [6, 6.07) is 16.7. The second-order valence-electron chi connectivity index (χ2n) is 7.08. The molecule has 0 amide bonds. The van der Waals surface area contributed by atoms with Gasteiger partial charge in [-0.25, -0.2) is 14.3 Å². The zero-order valence-electron chi connectivity index (χ0n) is 16.6. The summed E-state index contributed by atoms with van der Waals surface area (Å²) >= 11 is 0. The summed E-state index contributed by atoms with van der Waals surface area (Å²) in [6.45, 7) is 4.12. The Morgan fingerprint density at radius 1 is 1.00 bits per heavy atom. The molecule has 4 aromatic rings. The Bertz CT molecular complexity index is 1280. The van der Waals surface area contributed by atoms with Gasteiger partial charge in [-0.1, -0.05) is 42.5 Å². The minimum atomic E-state index is -0.454. The standard InChI is InChI=1S/C22H22N4O3/c1-15(2)25-14-23-20-19(25)21(27)24(13-16-9-5-4-6-10-16)22(28)26(20)17-11-7-8-12-18(17)29-3/h4-12,14-15H,13H2,1-3H3. The fraction of sp³-hybridized carbons (Fsp3) is 0.227. The number of rotatable bonds is 5. The van der Waals surface area contributed by atoms with Crippen molar-refractivity contribution in [3.8, 4) is 11.4 Å². The average Bonchev–Trinajstić information content (AvgIpc) is 3.17. The van der Waals surface area contributed by atoms with Crippen LogP contribution in [0.4, 0.5) is 0 Å². The fourth-order valence-electron chi connectivity index (χ4n) is 3.48. The lowest BCUT2D eigenvalue weighted by molar-refractivity contribution is 0.412. The van der Waals surface area contributed by atoms with Crippen LogP contribution >= 0.6 is 0 Å². The quantitative estimate of drug-likeness (QED) is 0.525. The Labute approximate surface area is 167 Å². The molecule has 4 rings (SSSR count). The van der Waals surface area contributed by atoms with Gasteiger partial charge in [0, 0.05) is 6.04 Å². The zero-order chi connectivity index (χ0) is 20.5. The van der Waals surface area contributed by atoms with Gasteiger partial charge in [-0.2, -0.15) is 0 Å². The van der Waals surface area contributed by atoms with Gasteiger partial charge in [0.05, 0.1) is 25.7 Å². The summed E-state index contributed by atoms with van der Waals surface area (Å²) in [4.78, 5) is 31.2. The van der Waals surface area contributed by atoms with Crippen molar-refractivity contribution in [3.63, 3.8) is 0 Å². The van der Waals surface area contributed by atoms with Gasteiger partial charge in [-0.3, -0.25) is 9.36 Å². The second kappa shape index (κ2) is 7.43. The van der Waals surface area contributed by atoms with Gasteiger partial charge in [-0.05, 0) is 31.5 Å². The highest BCUT2D eigenvalue weighted by Gasteiger charge is 2.21. The molecule has 0 atom stereocenters. The summed E-state index contributed by atoms with van der Waals surface area (Å²) < 4.78 is 9.97. The van der Waals surface area contributed by atoms with Crippen LogP contribution in [0, 0.1) is 0 Å². The molecule has 29 heavy (non-hydrogen) atoms. The van der Waals surface area contributed by atoms with E-state index in [9.17, 15) is 9.59 Å². The molecule has 0 saturated heterocycles. The third-order valence-electron chi connectivity index (χ3n) is 4.92. The number of fused-ring (bicyclic) bond motifs is 1. The van der Waals surface area contributed by atoms with E-state index in [0.29, 0.717) is 22.6 Å². The molecule has 2 aromatic carbocycles. The Hall–Kier alpha value is -3.61. The number of methoxy groups -OCH3 is 1. The molecular formula is C22H22N4O3. The van der Waals surface area contributed by atoms with Crippen LogP contribution in [0.15, 0.2) is 70.5 Å². The number of benzene rings is 2. The number of ether oxygens (including phenoxy) is 1. The van der Waals surface area contributed by atoms with Crippen LogP contribution in [0.25, 0.3) is 16.9 Å². The highest BCUT2D eigenvalue weighted by atomic mass is 16.5. The van der Waals surface area contributed by atoms with Crippen molar-refractivity contribution in [2.45, 2.75) is 26.4 Å².